The number of aliphatic hydroxyl groups excluding tert-OH is 1. The molecule has 0 spiro atoms. The van der Waals surface area contributed by atoms with Gasteiger partial charge in [0.05, 0.1) is 23.9 Å². The first-order valence-corrected chi connectivity index (χ1v) is 9.29. The summed E-state index contributed by atoms with van der Waals surface area (Å²) >= 11 is 12.2. The van der Waals surface area contributed by atoms with Gasteiger partial charge in [0.2, 0.25) is 0 Å². The van der Waals surface area contributed by atoms with E-state index in [1.54, 1.807) is 6.20 Å². The van der Waals surface area contributed by atoms with Crippen LogP contribution in [0.4, 0.5) is 8.78 Å². The van der Waals surface area contributed by atoms with E-state index >= 15 is 0 Å². The van der Waals surface area contributed by atoms with Crippen molar-refractivity contribution >= 4 is 35.1 Å². The Morgan fingerprint density at radius 2 is 2.19 bits per heavy atom. The van der Waals surface area contributed by atoms with Gasteiger partial charge in [0, 0.05) is 35.8 Å². The van der Waals surface area contributed by atoms with E-state index in [9.17, 15) is 8.78 Å². The number of nitrogens with zero attached hydrogens (tertiary/aromatic N) is 3. The maximum atomic E-state index is 12.5. The van der Waals surface area contributed by atoms with E-state index in [4.69, 9.17) is 28.3 Å². The molecule has 27 heavy (non-hydrogen) atoms. The van der Waals surface area contributed by atoms with Gasteiger partial charge in [0.15, 0.2) is 0 Å². The number of allylic oxidation sites excluding steroid dienone is 3. The Labute approximate surface area is 166 Å². The second-order valence-electron chi connectivity index (χ2n) is 6.43. The highest BCUT2D eigenvalue weighted by molar-refractivity contribution is 6.31. The van der Waals surface area contributed by atoms with Crippen LogP contribution in [0.3, 0.4) is 0 Å². The fourth-order valence-corrected chi connectivity index (χ4v) is 3.49. The molecule has 1 N–H and O–H groups in total. The molecule has 3 rings (SSSR count). The molecule has 1 saturated carbocycles. The van der Waals surface area contributed by atoms with Gasteiger partial charge in [-0.3, -0.25) is 4.99 Å². The molecular weight excluding hydrogens is 395 g/mol. The third kappa shape index (κ3) is 4.50. The maximum Gasteiger partial charge on any atom is 0.257 e. The summed E-state index contributed by atoms with van der Waals surface area (Å²) in [5, 5.41) is 9.68. The van der Waals surface area contributed by atoms with Crippen LogP contribution in [-0.4, -0.2) is 40.2 Å². The van der Waals surface area contributed by atoms with Gasteiger partial charge in [-0.05, 0) is 43.1 Å². The van der Waals surface area contributed by atoms with Crippen LogP contribution in [0.2, 0.25) is 5.15 Å². The van der Waals surface area contributed by atoms with E-state index < -0.39 is 13.0 Å². The van der Waals surface area contributed by atoms with Crippen molar-refractivity contribution in [3.8, 4) is 0 Å². The number of halogens is 4. The zero-order valence-corrected chi connectivity index (χ0v) is 16.2. The Hall–Kier alpha value is -1.92. The number of hydrogen-bond donors (Lipinski definition) is 1. The lowest BCUT2D eigenvalue weighted by molar-refractivity contribution is 0.159. The molecule has 4 nitrogen and oxygen atoms in total. The Morgan fingerprint density at radius 3 is 2.81 bits per heavy atom. The number of aliphatic hydroxyl groups is 1. The minimum Gasteiger partial charge on any atom is -0.514 e. The quantitative estimate of drug-likeness (QED) is 0.296. The lowest BCUT2D eigenvalue weighted by Crippen LogP contribution is -2.30. The summed E-state index contributed by atoms with van der Waals surface area (Å²) in [6, 6.07) is 1.73. The number of aliphatic imine (C=N–C) groups is 1. The third-order valence-electron chi connectivity index (χ3n) is 4.57. The van der Waals surface area contributed by atoms with Crippen molar-refractivity contribution < 1.29 is 13.9 Å². The van der Waals surface area contributed by atoms with E-state index in [0.29, 0.717) is 17.3 Å². The number of aromatic nitrogens is 1. The highest BCUT2D eigenvalue weighted by Gasteiger charge is 2.35. The van der Waals surface area contributed by atoms with Crippen molar-refractivity contribution in [2.45, 2.75) is 38.8 Å². The van der Waals surface area contributed by atoms with Crippen molar-refractivity contribution in [3.05, 3.63) is 57.1 Å². The van der Waals surface area contributed by atoms with Gasteiger partial charge in [0.1, 0.15) is 5.15 Å². The first-order valence-electron chi connectivity index (χ1n) is 8.54. The number of rotatable bonds is 6. The zero-order chi connectivity index (χ0) is 19.6. The van der Waals surface area contributed by atoms with Crippen LogP contribution in [-0.2, 0) is 6.54 Å². The smallest absolute Gasteiger partial charge is 0.257 e. The first kappa shape index (κ1) is 19.8. The zero-order valence-electron chi connectivity index (χ0n) is 14.7. The molecule has 1 aliphatic heterocycles. The minimum atomic E-state index is -2.52. The van der Waals surface area contributed by atoms with Gasteiger partial charge in [-0.15, -0.1) is 0 Å². The number of pyridine rings is 1. The molecule has 2 aliphatic rings. The molecule has 0 aromatic carbocycles. The number of alkyl halides is 2. The molecule has 1 aromatic heterocycles. The molecule has 144 valence electrons. The van der Waals surface area contributed by atoms with Crippen LogP contribution in [0, 0.1) is 0 Å². The summed E-state index contributed by atoms with van der Waals surface area (Å²) in [7, 11) is 0. The van der Waals surface area contributed by atoms with Crippen LogP contribution < -0.4 is 0 Å². The molecule has 0 radical (unpaired) electrons. The van der Waals surface area contributed by atoms with E-state index in [2.05, 4.69) is 14.9 Å². The molecule has 0 amide bonds. The lowest BCUT2D eigenvalue weighted by atomic mass is 10.1. The largest absolute Gasteiger partial charge is 0.514 e. The molecule has 1 unspecified atom stereocenters. The molecular formula is C19H19Cl2F2N3O. The normalized spacial score (nSPS) is 18.7. The number of fused-ring (bicyclic) bond motifs is 1. The molecule has 1 aromatic rings. The summed E-state index contributed by atoms with van der Waals surface area (Å²) in [6.45, 7) is 1.91. The monoisotopic (exact) mass is 413 g/mol. The molecule has 8 heteroatoms. The van der Waals surface area contributed by atoms with Crippen molar-refractivity contribution in [1.29, 1.82) is 0 Å². The predicted molar refractivity (Wildman–Crippen MR) is 104 cm³/mol. The molecule has 0 bridgehead atoms. The van der Waals surface area contributed by atoms with Crippen LogP contribution in [0.15, 0.2) is 45.8 Å². The summed E-state index contributed by atoms with van der Waals surface area (Å²) in [6.07, 6.45) is 4.88. The topological polar surface area (TPSA) is 48.7 Å². The second kappa shape index (κ2) is 8.40. The van der Waals surface area contributed by atoms with Crippen molar-refractivity contribution in [2.75, 3.05) is 6.54 Å². The Morgan fingerprint density at radius 1 is 1.44 bits per heavy atom. The van der Waals surface area contributed by atoms with Gasteiger partial charge in [-0.25, -0.2) is 13.8 Å². The highest BCUT2D eigenvalue weighted by atomic mass is 35.5. The molecule has 2 heterocycles. The van der Waals surface area contributed by atoms with Gasteiger partial charge in [-0.2, -0.15) is 0 Å². The van der Waals surface area contributed by atoms with E-state index in [0.717, 1.165) is 35.9 Å². The van der Waals surface area contributed by atoms with Crippen molar-refractivity contribution in [2.24, 2.45) is 4.99 Å². The SMILES string of the molecule is CC(C(/C=N\CC(F)F)=C/C(Cl)=C/O)N1Cc2c(ccnc2Cl)C1=C1CC1. The first-order chi connectivity index (χ1) is 12.9. The van der Waals surface area contributed by atoms with E-state index in [1.807, 2.05) is 13.0 Å². The van der Waals surface area contributed by atoms with Gasteiger partial charge in [-0.1, -0.05) is 23.2 Å². The van der Waals surface area contributed by atoms with E-state index in [-0.39, 0.29) is 11.1 Å². The van der Waals surface area contributed by atoms with Crippen LogP contribution in [0.1, 0.15) is 30.9 Å². The molecule has 1 atom stereocenters. The Balaban J connectivity index is 1.95. The van der Waals surface area contributed by atoms with Crippen molar-refractivity contribution in [1.82, 2.24) is 9.88 Å². The number of hydrogen-bond acceptors (Lipinski definition) is 4. The fraction of sp³-hybridized carbons (Fsp3) is 0.368. The lowest BCUT2D eigenvalue weighted by Gasteiger charge is -2.29. The summed E-state index contributed by atoms with van der Waals surface area (Å²) in [5.41, 5.74) is 5.06. The maximum absolute atomic E-state index is 12.5. The summed E-state index contributed by atoms with van der Waals surface area (Å²) in [4.78, 5) is 10.1. The minimum absolute atomic E-state index is 0.0948. The Kier molecular flexibility index (Phi) is 6.17. The van der Waals surface area contributed by atoms with E-state index in [1.165, 1.54) is 17.9 Å². The highest BCUT2D eigenvalue weighted by Crippen LogP contribution is 2.46. The average molecular weight is 414 g/mol. The summed E-state index contributed by atoms with van der Waals surface area (Å²) in [5.74, 6) is 0. The average Bonchev–Trinajstić information content (AvgIpc) is 3.39. The Bertz CT molecular complexity index is 843. The van der Waals surface area contributed by atoms with Gasteiger partial charge >= 0.3 is 0 Å². The third-order valence-corrected chi connectivity index (χ3v) is 5.10. The fourth-order valence-electron chi connectivity index (χ4n) is 3.15. The summed E-state index contributed by atoms with van der Waals surface area (Å²) < 4.78 is 24.9. The van der Waals surface area contributed by atoms with Crippen molar-refractivity contribution in [3.63, 3.8) is 0 Å². The molecule has 0 saturated heterocycles. The van der Waals surface area contributed by atoms with Crippen LogP contribution >= 0.6 is 23.2 Å². The van der Waals surface area contributed by atoms with Gasteiger partial charge < -0.3 is 10.0 Å². The van der Waals surface area contributed by atoms with Crippen LogP contribution in [0.25, 0.3) is 5.70 Å². The van der Waals surface area contributed by atoms with Gasteiger partial charge in [0.25, 0.3) is 6.43 Å². The molecule has 1 aliphatic carbocycles. The second-order valence-corrected chi connectivity index (χ2v) is 7.22. The standard InChI is InChI=1S/C19H19Cl2F2N3O/c1-11(13(6-14(20)10-27)7-24-8-17(22)23)26-9-16-15(4-5-25-19(16)21)18(26)12-2-3-12/h4-7,10-11,17,27H,2-3,8-9H2,1H3/b13-6+,14-10-,24-7-. The molecule has 1 fully saturated rings. The predicted octanol–water partition coefficient (Wildman–Crippen LogP) is 5.34. The van der Waals surface area contributed by atoms with Crippen LogP contribution in [0.5, 0.6) is 0 Å².